The van der Waals surface area contributed by atoms with E-state index in [0.29, 0.717) is 49.6 Å². The summed E-state index contributed by atoms with van der Waals surface area (Å²) in [5.41, 5.74) is 3.40. The van der Waals surface area contributed by atoms with Gasteiger partial charge in [-0.1, -0.05) is 44.4 Å². The largest absolute Gasteiger partial charge is 0.490 e. The van der Waals surface area contributed by atoms with E-state index in [0.717, 1.165) is 55.8 Å². The highest BCUT2D eigenvalue weighted by Crippen LogP contribution is 2.47. The predicted octanol–water partition coefficient (Wildman–Crippen LogP) is 5.86. The van der Waals surface area contributed by atoms with Crippen LogP contribution in [0.5, 0.6) is 5.75 Å². The molecule has 0 aromatic heterocycles. The third kappa shape index (κ3) is 5.67. The summed E-state index contributed by atoms with van der Waals surface area (Å²) in [6.07, 6.45) is 7.24. The number of nitrogens with zero attached hydrogens (tertiary/aromatic N) is 1. The summed E-state index contributed by atoms with van der Waals surface area (Å²) in [6.45, 7) is 5.74. The SMILES string of the molecule is CC(C)[C@H]1CCCC[C@@H](O)[C@@H]2CC[C@H]2CN2C[C@@]3(CCCc4cc(Cl)ccc43)COc3ccc(cc32)C(=O)NS1(=O)=O. The molecule has 5 atom stereocenters. The van der Waals surface area contributed by atoms with E-state index in [-0.39, 0.29) is 17.3 Å². The number of halogens is 1. The van der Waals surface area contributed by atoms with E-state index in [1.54, 1.807) is 12.1 Å². The number of benzene rings is 2. The molecule has 1 spiro atoms. The van der Waals surface area contributed by atoms with Gasteiger partial charge in [0.1, 0.15) is 5.75 Å². The first-order chi connectivity index (χ1) is 20.1. The lowest BCUT2D eigenvalue weighted by Gasteiger charge is -2.45. The number of carbonyl (C=O) groups is 1. The molecular formula is C33H43ClN2O5S. The number of aliphatic hydroxyl groups excluding tert-OH is 1. The van der Waals surface area contributed by atoms with Gasteiger partial charge in [0.2, 0.25) is 10.0 Å². The summed E-state index contributed by atoms with van der Waals surface area (Å²) >= 11 is 6.39. The van der Waals surface area contributed by atoms with Gasteiger partial charge in [-0.15, -0.1) is 0 Å². The average Bonchev–Trinajstić information content (AvgIpc) is 3.06. The fourth-order valence-corrected chi connectivity index (χ4v) is 9.81. The number of nitrogens with one attached hydrogen (secondary N) is 1. The van der Waals surface area contributed by atoms with Gasteiger partial charge in [0.25, 0.3) is 5.91 Å². The average molecular weight is 615 g/mol. The Labute approximate surface area is 255 Å². The van der Waals surface area contributed by atoms with E-state index < -0.39 is 27.3 Å². The number of hydrogen-bond donors (Lipinski definition) is 2. The lowest BCUT2D eigenvalue weighted by atomic mass is 9.68. The van der Waals surface area contributed by atoms with Crippen LogP contribution < -0.4 is 14.4 Å². The summed E-state index contributed by atoms with van der Waals surface area (Å²) in [5, 5.41) is 11.3. The monoisotopic (exact) mass is 614 g/mol. The summed E-state index contributed by atoms with van der Waals surface area (Å²) in [7, 11) is -3.89. The third-order valence-corrected chi connectivity index (χ3v) is 12.6. The highest BCUT2D eigenvalue weighted by molar-refractivity contribution is 7.90. The molecule has 1 amide bonds. The zero-order valence-corrected chi connectivity index (χ0v) is 26.2. The summed E-state index contributed by atoms with van der Waals surface area (Å²) in [6, 6.07) is 11.5. The van der Waals surface area contributed by atoms with Gasteiger partial charge in [-0.05, 0) is 104 Å². The second-order valence-corrected chi connectivity index (χ2v) is 15.7. The van der Waals surface area contributed by atoms with Crippen LogP contribution in [-0.4, -0.2) is 50.5 Å². The molecule has 7 nitrogen and oxygen atoms in total. The molecule has 0 unspecified atom stereocenters. The Morgan fingerprint density at radius 3 is 2.64 bits per heavy atom. The Bertz CT molecular complexity index is 1450. The van der Waals surface area contributed by atoms with Crippen LogP contribution in [0.2, 0.25) is 5.02 Å². The Morgan fingerprint density at radius 1 is 1.07 bits per heavy atom. The zero-order valence-electron chi connectivity index (χ0n) is 24.6. The molecule has 1 saturated carbocycles. The number of carbonyl (C=O) groups excluding carboxylic acids is 1. The molecule has 9 heteroatoms. The number of hydrogen-bond acceptors (Lipinski definition) is 6. The fraction of sp³-hybridized carbons (Fsp3) is 0.606. The molecule has 0 saturated heterocycles. The van der Waals surface area contributed by atoms with Gasteiger partial charge in [-0.2, -0.15) is 0 Å². The molecule has 2 N–H and O–H groups in total. The number of ether oxygens (including phenoxy) is 1. The Hall–Kier alpha value is -2.29. The van der Waals surface area contributed by atoms with Crippen molar-refractivity contribution in [2.75, 3.05) is 24.6 Å². The van der Waals surface area contributed by atoms with Crippen LogP contribution in [0.4, 0.5) is 5.69 Å². The minimum Gasteiger partial charge on any atom is -0.490 e. The highest BCUT2D eigenvalue weighted by Gasteiger charge is 2.44. The predicted molar refractivity (Wildman–Crippen MR) is 166 cm³/mol. The standard InChI is InChI=1S/C33H43ClN2O5S/c1-21(2)31-8-4-3-7-29(37)26-12-9-24(26)18-36-19-33(15-5-6-22-16-25(34)11-13-27(22)33)20-41-30-14-10-23(17-28(30)36)32(38)35-42(31,39)40/h10-11,13-14,16-17,21,24,26,29,31,37H,3-9,12,15,18-20H2,1-2H3,(H,35,38)/t24-,26+,29+,31+,33-/m0/s1. The Kier molecular flexibility index (Phi) is 8.26. The van der Waals surface area contributed by atoms with Crippen molar-refractivity contribution < 1.29 is 23.1 Å². The quantitative estimate of drug-likeness (QED) is 0.418. The first-order valence-electron chi connectivity index (χ1n) is 15.6. The van der Waals surface area contributed by atoms with Gasteiger partial charge in [0.05, 0.1) is 23.6 Å². The van der Waals surface area contributed by atoms with E-state index in [9.17, 15) is 18.3 Å². The minimum absolute atomic E-state index is 0.143. The molecule has 2 heterocycles. The zero-order chi connectivity index (χ0) is 29.6. The van der Waals surface area contributed by atoms with Gasteiger partial charge >= 0.3 is 0 Å². The lowest BCUT2D eigenvalue weighted by molar-refractivity contribution is 0.00901. The summed E-state index contributed by atoms with van der Waals surface area (Å²) in [5.74, 6) is 0.505. The lowest BCUT2D eigenvalue weighted by Crippen LogP contribution is -2.49. The van der Waals surface area contributed by atoms with Crippen molar-refractivity contribution in [1.82, 2.24) is 4.72 Å². The van der Waals surface area contributed by atoms with E-state index in [1.165, 1.54) is 11.1 Å². The molecule has 2 bridgehead atoms. The number of sulfonamides is 1. The first-order valence-corrected chi connectivity index (χ1v) is 17.5. The smallest absolute Gasteiger partial charge is 0.264 e. The van der Waals surface area contributed by atoms with Crippen LogP contribution in [0.25, 0.3) is 0 Å². The second-order valence-electron chi connectivity index (χ2n) is 13.4. The van der Waals surface area contributed by atoms with Crippen LogP contribution in [0, 0.1) is 17.8 Å². The van der Waals surface area contributed by atoms with Gasteiger partial charge in [-0.25, -0.2) is 13.1 Å². The molecule has 42 heavy (non-hydrogen) atoms. The number of amides is 1. The van der Waals surface area contributed by atoms with Crippen molar-refractivity contribution in [3.63, 3.8) is 0 Å². The van der Waals surface area contributed by atoms with Crippen LogP contribution in [0.1, 0.15) is 86.7 Å². The van der Waals surface area contributed by atoms with Crippen molar-refractivity contribution >= 4 is 33.2 Å². The van der Waals surface area contributed by atoms with E-state index >= 15 is 0 Å². The number of rotatable bonds is 1. The van der Waals surface area contributed by atoms with E-state index in [4.69, 9.17) is 16.3 Å². The third-order valence-electron chi connectivity index (χ3n) is 10.3. The molecule has 2 aromatic carbocycles. The maximum Gasteiger partial charge on any atom is 0.264 e. The molecule has 2 aliphatic carbocycles. The van der Waals surface area contributed by atoms with Gasteiger partial charge in [0, 0.05) is 29.1 Å². The van der Waals surface area contributed by atoms with E-state index in [2.05, 4.69) is 21.8 Å². The van der Waals surface area contributed by atoms with Crippen molar-refractivity contribution in [2.24, 2.45) is 17.8 Å². The van der Waals surface area contributed by atoms with Crippen LogP contribution >= 0.6 is 11.6 Å². The van der Waals surface area contributed by atoms with E-state index in [1.807, 2.05) is 26.0 Å². The fourth-order valence-electron chi connectivity index (χ4n) is 7.89. The molecular weight excluding hydrogens is 572 g/mol. The number of anilines is 1. The van der Waals surface area contributed by atoms with Crippen LogP contribution in [-0.2, 0) is 21.9 Å². The number of aryl methyl sites for hydroxylation is 1. The van der Waals surface area contributed by atoms with Gasteiger partial charge in [-0.3, -0.25) is 4.79 Å². The number of fused-ring (bicyclic) bond motifs is 4. The second kappa shape index (κ2) is 11.7. The topological polar surface area (TPSA) is 95.9 Å². The normalized spacial score (nSPS) is 31.3. The first kappa shape index (κ1) is 29.8. The highest BCUT2D eigenvalue weighted by atomic mass is 35.5. The molecule has 228 valence electrons. The van der Waals surface area contributed by atoms with Gasteiger partial charge in [0.15, 0.2) is 0 Å². The Balaban J connectivity index is 1.41. The molecule has 0 radical (unpaired) electrons. The minimum atomic E-state index is -3.89. The van der Waals surface area contributed by atoms with Crippen LogP contribution in [0.3, 0.4) is 0 Å². The maximum absolute atomic E-state index is 13.4. The van der Waals surface area contributed by atoms with Crippen LogP contribution in [0.15, 0.2) is 36.4 Å². The van der Waals surface area contributed by atoms with Crippen molar-refractivity contribution in [2.45, 2.75) is 88.4 Å². The maximum atomic E-state index is 13.4. The molecule has 6 rings (SSSR count). The number of aliphatic hydroxyl groups is 1. The summed E-state index contributed by atoms with van der Waals surface area (Å²) in [4.78, 5) is 15.8. The Morgan fingerprint density at radius 2 is 1.88 bits per heavy atom. The summed E-state index contributed by atoms with van der Waals surface area (Å²) < 4.78 is 35.7. The van der Waals surface area contributed by atoms with Gasteiger partial charge < -0.3 is 14.7 Å². The van der Waals surface area contributed by atoms with Crippen molar-refractivity contribution in [1.29, 1.82) is 0 Å². The van der Waals surface area contributed by atoms with Crippen molar-refractivity contribution in [3.05, 3.63) is 58.1 Å². The molecule has 1 fully saturated rings. The molecule has 2 aromatic rings. The molecule has 2 aliphatic heterocycles. The molecule has 4 aliphatic rings. The van der Waals surface area contributed by atoms with Crippen molar-refractivity contribution in [3.8, 4) is 5.75 Å².